The van der Waals surface area contributed by atoms with Gasteiger partial charge in [-0.2, -0.15) is 0 Å². The molecule has 2 N–H and O–H groups in total. The van der Waals surface area contributed by atoms with Crippen LogP contribution in [0, 0.1) is 6.92 Å². The second-order valence-corrected chi connectivity index (χ2v) is 5.13. The van der Waals surface area contributed by atoms with Crippen molar-refractivity contribution in [1.29, 1.82) is 0 Å². The number of carbonyl (C=O) groups is 1. The fraction of sp³-hybridized carbons (Fsp3) is 0.286. The van der Waals surface area contributed by atoms with Gasteiger partial charge in [0.15, 0.2) is 0 Å². The molecule has 108 valence electrons. The number of aromatic nitrogens is 1. The van der Waals surface area contributed by atoms with Crippen LogP contribution in [-0.2, 0) is 4.79 Å². The molecule has 0 spiro atoms. The quantitative estimate of drug-likeness (QED) is 0.892. The largest absolute Gasteiger partial charge is 0.326 e. The van der Waals surface area contributed by atoms with Crippen molar-refractivity contribution in [2.24, 2.45) is 0 Å². The average molecular weight is 312 g/mol. The minimum absolute atomic E-state index is 0. The Kier molecular flexibility index (Phi) is 6.64. The summed E-state index contributed by atoms with van der Waals surface area (Å²) >= 11 is 1.63. The summed E-state index contributed by atoms with van der Waals surface area (Å²) in [5.74, 6) is 0.0205. The summed E-state index contributed by atoms with van der Waals surface area (Å²) in [7, 11) is 1.83. The highest BCUT2D eigenvalue weighted by molar-refractivity contribution is 7.13. The number of rotatable bonds is 5. The Bertz CT molecular complexity index is 554. The summed E-state index contributed by atoms with van der Waals surface area (Å²) in [6.45, 7) is 2.67. The second kappa shape index (κ2) is 7.99. The van der Waals surface area contributed by atoms with Crippen LogP contribution in [0.3, 0.4) is 0 Å². The highest BCUT2D eigenvalue weighted by Gasteiger charge is 2.04. The number of nitrogens with one attached hydrogen (secondary N) is 2. The lowest BCUT2D eigenvalue weighted by Crippen LogP contribution is -2.18. The Morgan fingerprint density at radius 3 is 2.55 bits per heavy atom. The molecule has 2 aromatic rings. The van der Waals surface area contributed by atoms with Gasteiger partial charge in [-0.3, -0.25) is 4.79 Å². The molecule has 20 heavy (non-hydrogen) atoms. The number of amides is 1. The molecule has 0 aliphatic carbocycles. The molecule has 0 aliphatic heterocycles. The van der Waals surface area contributed by atoms with Gasteiger partial charge in [-0.25, -0.2) is 4.98 Å². The molecule has 0 fully saturated rings. The zero-order chi connectivity index (χ0) is 13.7. The van der Waals surface area contributed by atoms with Crippen LogP contribution in [-0.4, -0.2) is 24.5 Å². The normalized spacial score (nSPS) is 9.90. The van der Waals surface area contributed by atoms with Crippen molar-refractivity contribution in [2.75, 3.05) is 18.9 Å². The lowest BCUT2D eigenvalue weighted by molar-refractivity contribution is -0.116. The molecule has 4 nitrogen and oxygen atoms in total. The van der Waals surface area contributed by atoms with Gasteiger partial charge in [0.1, 0.15) is 5.01 Å². The Labute approximate surface area is 129 Å². The van der Waals surface area contributed by atoms with E-state index < -0.39 is 0 Å². The van der Waals surface area contributed by atoms with Crippen molar-refractivity contribution in [2.45, 2.75) is 13.3 Å². The fourth-order valence-electron chi connectivity index (χ4n) is 1.64. The first kappa shape index (κ1) is 16.6. The van der Waals surface area contributed by atoms with E-state index >= 15 is 0 Å². The first-order chi connectivity index (χ1) is 9.19. The van der Waals surface area contributed by atoms with Gasteiger partial charge in [0.2, 0.25) is 5.91 Å². The van der Waals surface area contributed by atoms with E-state index in [2.05, 4.69) is 15.6 Å². The molecule has 0 saturated carbocycles. The Hall–Kier alpha value is -1.43. The molecular formula is C14H18ClN3OS. The van der Waals surface area contributed by atoms with Gasteiger partial charge in [0.25, 0.3) is 0 Å². The van der Waals surface area contributed by atoms with Crippen LogP contribution in [0.2, 0.25) is 0 Å². The number of benzene rings is 1. The lowest BCUT2D eigenvalue weighted by atomic mass is 10.2. The summed E-state index contributed by atoms with van der Waals surface area (Å²) < 4.78 is 0. The minimum Gasteiger partial charge on any atom is -0.326 e. The van der Waals surface area contributed by atoms with E-state index in [1.165, 1.54) is 0 Å². The Balaban J connectivity index is 0.00000200. The Morgan fingerprint density at radius 2 is 2.00 bits per heavy atom. The molecule has 1 heterocycles. The number of aryl methyl sites for hydroxylation is 1. The lowest BCUT2D eigenvalue weighted by Gasteiger charge is -2.05. The van der Waals surface area contributed by atoms with Crippen LogP contribution < -0.4 is 10.6 Å². The maximum atomic E-state index is 11.6. The molecule has 0 saturated heterocycles. The van der Waals surface area contributed by atoms with E-state index in [1.807, 2.05) is 43.6 Å². The van der Waals surface area contributed by atoms with Crippen molar-refractivity contribution in [3.63, 3.8) is 0 Å². The summed E-state index contributed by atoms with van der Waals surface area (Å²) in [4.78, 5) is 16.0. The van der Waals surface area contributed by atoms with E-state index in [0.717, 1.165) is 22.0 Å². The van der Waals surface area contributed by atoms with Crippen LogP contribution in [0.1, 0.15) is 12.1 Å². The standard InChI is InChI=1S/C14H17N3OS.ClH/c1-10-9-19-14(16-10)11-3-5-12(6-4-11)17-13(18)7-8-15-2;/h3-6,9,15H,7-8H2,1-2H3,(H,17,18);1H. The van der Waals surface area contributed by atoms with Crippen molar-refractivity contribution in [3.05, 3.63) is 35.3 Å². The van der Waals surface area contributed by atoms with Gasteiger partial charge in [0, 0.05) is 35.3 Å². The van der Waals surface area contributed by atoms with Gasteiger partial charge in [-0.1, -0.05) is 0 Å². The van der Waals surface area contributed by atoms with Gasteiger partial charge in [0.05, 0.1) is 0 Å². The highest BCUT2D eigenvalue weighted by atomic mass is 35.5. The van der Waals surface area contributed by atoms with Crippen LogP contribution in [0.5, 0.6) is 0 Å². The van der Waals surface area contributed by atoms with Gasteiger partial charge < -0.3 is 10.6 Å². The predicted molar refractivity (Wildman–Crippen MR) is 86.7 cm³/mol. The van der Waals surface area contributed by atoms with E-state index in [0.29, 0.717) is 13.0 Å². The minimum atomic E-state index is 0. The van der Waals surface area contributed by atoms with E-state index in [-0.39, 0.29) is 18.3 Å². The summed E-state index contributed by atoms with van der Waals surface area (Å²) in [5.41, 5.74) is 2.92. The SMILES string of the molecule is CNCCC(=O)Nc1ccc(-c2nc(C)cs2)cc1.Cl. The summed E-state index contributed by atoms with van der Waals surface area (Å²) in [6.07, 6.45) is 0.476. The maximum Gasteiger partial charge on any atom is 0.225 e. The van der Waals surface area contributed by atoms with Crippen LogP contribution in [0.15, 0.2) is 29.6 Å². The predicted octanol–water partition coefficient (Wildman–Crippen LogP) is 3.09. The third-order valence-electron chi connectivity index (χ3n) is 2.64. The van der Waals surface area contributed by atoms with Gasteiger partial charge in [-0.15, -0.1) is 23.7 Å². The number of hydrogen-bond donors (Lipinski definition) is 2. The Morgan fingerprint density at radius 1 is 1.30 bits per heavy atom. The molecule has 0 bridgehead atoms. The zero-order valence-corrected chi connectivity index (χ0v) is 13.1. The number of carbonyl (C=O) groups excluding carboxylic acids is 1. The molecular weight excluding hydrogens is 294 g/mol. The topological polar surface area (TPSA) is 54.0 Å². The van der Waals surface area contributed by atoms with E-state index in [9.17, 15) is 4.79 Å². The monoisotopic (exact) mass is 311 g/mol. The smallest absolute Gasteiger partial charge is 0.225 e. The number of hydrogen-bond acceptors (Lipinski definition) is 4. The number of anilines is 1. The average Bonchev–Trinajstić information content (AvgIpc) is 2.84. The highest BCUT2D eigenvalue weighted by Crippen LogP contribution is 2.24. The third kappa shape index (κ3) is 4.59. The van der Waals surface area contributed by atoms with E-state index in [1.54, 1.807) is 11.3 Å². The van der Waals surface area contributed by atoms with Crippen molar-refractivity contribution in [1.82, 2.24) is 10.3 Å². The number of halogens is 1. The molecule has 0 unspecified atom stereocenters. The molecule has 6 heteroatoms. The maximum absolute atomic E-state index is 11.6. The fourth-order valence-corrected chi connectivity index (χ4v) is 2.45. The molecule has 0 aliphatic rings. The second-order valence-electron chi connectivity index (χ2n) is 4.27. The summed E-state index contributed by atoms with van der Waals surface area (Å²) in [6, 6.07) is 7.77. The molecule has 1 aromatic heterocycles. The van der Waals surface area contributed by atoms with Crippen LogP contribution in [0.25, 0.3) is 10.6 Å². The molecule has 1 amide bonds. The van der Waals surface area contributed by atoms with Crippen molar-refractivity contribution in [3.8, 4) is 10.6 Å². The number of nitrogens with zero attached hydrogens (tertiary/aromatic N) is 1. The van der Waals surface area contributed by atoms with Crippen LogP contribution >= 0.6 is 23.7 Å². The van der Waals surface area contributed by atoms with Gasteiger partial charge in [-0.05, 0) is 38.2 Å². The zero-order valence-electron chi connectivity index (χ0n) is 11.5. The molecule has 0 radical (unpaired) electrons. The van der Waals surface area contributed by atoms with Crippen LogP contribution in [0.4, 0.5) is 5.69 Å². The van der Waals surface area contributed by atoms with Crippen molar-refractivity contribution < 1.29 is 4.79 Å². The summed E-state index contributed by atoms with van der Waals surface area (Å²) in [5, 5.41) is 8.85. The third-order valence-corrected chi connectivity index (χ3v) is 3.65. The molecule has 0 atom stereocenters. The first-order valence-corrected chi connectivity index (χ1v) is 7.04. The number of thiazole rings is 1. The molecule has 1 aromatic carbocycles. The van der Waals surface area contributed by atoms with E-state index in [4.69, 9.17) is 0 Å². The van der Waals surface area contributed by atoms with Crippen molar-refractivity contribution >= 4 is 35.3 Å². The molecule has 2 rings (SSSR count). The van der Waals surface area contributed by atoms with Gasteiger partial charge >= 0.3 is 0 Å². The first-order valence-electron chi connectivity index (χ1n) is 6.16.